The molecule has 7 nitrogen and oxygen atoms in total. The van der Waals surface area contributed by atoms with Crippen LogP contribution in [0.15, 0.2) is 22.6 Å². The van der Waals surface area contributed by atoms with Crippen molar-refractivity contribution in [3.05, 3.63) is 33.7 Å². The SMILES string of the molecule is CC(C(=O)O)N(C)C(=O)c1cnc2sccn2c1=O. The van der Waals surface area contributed by atoms with E-state index in [0.29, 0.717) is 4.96 Å². The van der Waals surface area contributed by atoms with E-state index in [2.05, 4.69) is 4.98 Å². The number of hydrogen-bond acceptors (Lipinski definition) is 5. The van der Waals surface area contributed by atoms with E-state index < -0.39 is 23.5 Å². The molecule has 0 bridgehead atoms. The molecule has 0 aliphatic heterocycles. The number of carboxylic acids is 1. The summed E-state index contributed by atoms with van der Waals surface area (Å²) in [4.78, 5) is 40.5. The zero-order chi connectivity index (χ0) is 14.2. The van der Waals surface area contributed by atoms with Crippen LogP contribution in [0, 0.1) is 0 Å². The van der Waals surface area contributed by atoms with Crippen LogP contribution in [0.3, 0.4) is 0 Å². The summed E-state index contributed by atoms with van der Waals surface area (Å²) in [5.74, 6) is -1.80. The minimum atomic E-state index is -1.14. The zero-order valence-corrected chi connectivity index (χ0v) is 11.0. The van der Waals surface area contributed by atoms with Crippen LogP contribution in [0.25, 0.3) is 4.96 Å². The summed E-state index contributed by atoms with van der Waals surface area (Å²) >= 11 is 1.27. The number of carboxylic acid groups (broad SMARTS) is 1. The number of likely N-dealkylation sites (N-methyl/N-ethyl adjacent to an activating group) is 1. The molecule has 0 saturated carbocycles. The van der Waals surface area contributed by atoms with Crippen molar-refractivity contribution in [3.8, 4) is 0 Å². The maximum absolute atomic E-state index is 12.1. The lowest BCUT2D eigenvalue weighted by atomic mass is 10.2. The standard InChI is InChI=1S/C11H11N3O4S/c1-6(10(17)18)13(2)8(15)7-5-12-11-14(9(7)16)3-4-19-11/h3-6H,1-2H3,(H,17,18). The summed E-state index contributed by atoms with van der Waals surface area (Å²) in [5, 5.41) is 10.5. The summed E-state index contributed by atoms with van der Waals surface area (Å²) in [7, 11) is 1.34. The van der Waals surface area contributed by atoms with Crippen molar-refractivity contribution in [2.75, 3.05) is 7.05 Å². The molecule has 100 valence electrons. The second-order valence-corrected chi connectivity index (χ2v) is 4.84. The number of carbonyl (C=O) groups is 2. The quantitative estimate of drug-likeness (QED) is 0.873. The van der Waals surface area contributed by atoms with Gasteiger partial charge in [0, 0.05) is 24.8 Å². The van der Waals surface area contributed by atoms with E-state index in [1.54, 1.807) is 5.38 Å². The molecule has 0 radical (unpaired) electrons. The average molecular weight is 281 g/mol. The van der Waals surface area contributed by atoms with E-state index in [9.17, 15) is 14.4 Å². The van der Waals surface area contributed by atoms with Crippen LogP contribution in [-0.2, 0) is 4.79 Å². The number of amides is 1. The summed E-state index contributed by atoms with van der Waals surface area (Å²) in [6.45, 7) is 1.37. The Bertz CT molecular complexity index is 705. The molecular formula is C11H11N3O4S. The van der Waals surface area contributed by atoms with E-state index in [1.807, 2.05) is 0 Å². The van der Waals surface area contributed by atoms with Crippen molar-refractivity contribution in [1.29, 1.82) is 0 Å². The van der Waals surface area contributed by atoms with Gasteiger partial charge >= 0.3 is 5.97 Å². The molecule has 1 unspecified atom stereocenters. The second-order valence-electron chi connectivity index (χ2n) is 3.96. The highest BCUT2D eigenvalue weighted by Crippen LogP contribution is 2.08. The highest BCUT2D eigenvalue weighted by atomic mass is 32.1. The van der Waals surface area contributed by atoms with Gasteiger partial charge in [-0.3, -0.25) is 14.0 Å². The van der Waals surface area contributed by atoms with Crippen molar-refractivity contribution >= 4 is 28.2 Å². The number of aromatic nitrogens is 2. The van der Waals surface area contributed by atoms with Gasteiger partial charge in [-0.1, -0.05) is 0 Å². The molecule has 0 aromatic carbocycles. The molecule has 19 heavy (non-hydrogen) atoms. The van der Waals surface area contributed by atoms with E-state index in [4.69, 9.17) is 5.11 Å². The summed E-state index contributed by atoms with van der Waals surface area (Å²) in [6, 6.07) is -1.02. The van der Waals surface area contributed by atoms with Crippen LogP contribution in [0.2, 0.25) is 0 Å². The first-order valence-corrected chi connectivity index (χ1v) is 6.26. The first kappa shape index (κ1) is 13.2. The van der Waals surface area contributed by atoms with Gasteiger partial charge in [0.05, 0.1) is 0 Å². The minimum absolute atomic E-state index is 0.147. The lowest BCUT2D eigenvalue weighted by Gasteiger charge is -2.20. The molecule has 0 aliphatic rings. The van der Waals surface area contributed by atoms with Gasteiger partial charge in [-0.2, -0.15) is 0 Å². The van der Waals surface area contributed by atoms with E-state index in [0.717, 1.165) is 4.90 Å². The summed E-state index contributed by atoms with van der Waals surface area (Å²) < 4.78 is 1.26. The van der Waals surface area contributed by atoms with Crippen LogP contribution in [0.4, 0.5) is 0 Å². The number of thiazole rings is 1. The Morgan fingerprint density at radius 2 is 2.21 bits per heavy atom. The van der Waals surface area contributed by atoms with Crippen molar-refractivity contribution in [2.24, 2.45) is 0 Å². The van der Waals surface area contributed by atoms with Crippen molar-refractivity contribution < 1.29 is 14.7 Å². The normalized spacial score (nSPS) is 12.3. The average Bonchev–Trinajstić information content (AvgIpc) is 2.85. The molecule has 2 aromatic rings. The van der Waals surface area contributed by atoms with Gasteiger partial charge in [-0.05, 0) is 6.92 Å². The molecule has 0 fully saturated rings. The molecule has 1 N–H and O–H groups in total. The zero-order valence-electron chi connectivity index (χ0n) is 10.2. The first-order valence-electron chi connectivity index (χ1n) is 5.38. The predicted octanol–water partition coefficient (Wildman–Crippen LogP) is 0.301. The fraction of sp³-hybridized carbons (Fsp3) is 0.273. The largest absolute Gasteiger partial charge is 0.480 e. The van der Waals surface area contributed by atoms with Crippen LogP contribution >= 0.6 is 11.3 Å². The molecule has 8 heteroatoms. The smallest absolute Gasteiger partial charge is 0.326 e. The van der Waals surface area contributed by atoms with Gasteiger partial charge in [0.1, 0.15) is 11.6 Å². The summed E-state index contributed by atoms with van der Waals surface area (Å²) in [5.41, 5.74) is -0.646. The summed E-state index contributed by atoms with van der Waals surface area (Å²) in [6.07, 6.45) is 2.70. The van der Waals surface area contributed by atoms with Crippen LogP contribution in [0.5, 0.6) is 0 Å². The molecule has 0 saturated heterocycles. The van der Waals surface area contributed by atoms with E-state index in [1.165, 1.54) is 42.1 Å². The van der Waals surface area contributed by atoms with Crippen LogP contribution in [0.1, 0.15) is 17.3 Å². The lowest BCUT2D eigenvalue weighted by Crippen LogP contribution is -2.42. The van der Waals surface area contributed by atoms with Gasteiger partial charge in [-0.25, -0.2) is 9.78 Å². The van der Waals surface area contributed by atoms with Crippen molar-refractivity contribution in [2.45, 2.75) is 13.0 Å². The number of hydrogen-bond donors (Lipinski definition) is 1. The number of fused-ring (bicyclic) bond motifs is 1. The monoisotopic (exact) mass is 281 g/mol. The maximum Gasteiger partial charge on any atom is 0.326 e. The van der Waals surface area contributed by atoms with Crippen LogP contribution in [-0.4, -0.2) is 44.4 Å². The Kier molecular flexibility index (Phi) is 3.34. The van der Waals surface area contributed by atoms with E-state index in [-0.39, 0.29) is 5.56 Å². The molecule has 0 spiro atoms. The molecule has 2 rings (SSSR count). The lowest BCUT2D eigenvalue weighted by molar-refractivity contribution is -0.141. The second kappa shape index (κ2) is 4.81. The van der Waals surface area contributed by atoms with Crippen molar-refractivity contribution in [1.82, 2.24) is 14.3 Å². The molecule has 0 aliphatic carbocycles. The molecule has 2 aromatic heterocycles. The minimum Gasteiger partial charge on any atom is -0.480 e. The number of aliphatic carboxylic acids is 1. The van der Waals surface area contributed by atoms with Gasteiger partial charge < -0.3 is 10.0 Å². The highest BCUT2D eigenvalue weighted by Gasteiger charge is 2.25. The highest BCUT2D eigenvalue weighted by molar-refractivity contribution is 7.15. The first-order chi connectivity index (χ1) is 8.93. The number of nitrogens with zero attached hydrogens (tertiary/aromatic N) is 3. The molecule has 2 heterocycles. The number of carbonyl (C=O) groups excluding carboxylic acids is 1. The van der Waals surface area contributed by atoms with Crippen molar-refractivity contribution in [3.63, 3.8) is 0 Å². The Hall–Kier alpha value is -2.22. The van der Waals surface area contributed by atoms with Gasteiger partial charge in [-0.15, -0.1) is 11.3 Å². The molecule has 1 atom stereocenters. The Balaban J connectivity index is 2.44. The third kappa shape index (κ3) is 2.22. The van der Waals surface area contributed by atoms with Gasteiger partial charge in [0.2, 0.25) is 0 Å². The predicted molar refractivity (Wildman–Crippen MR) is 68.5 cm³/mol. The Morgan fingerprint density at radius 3 is 2.84 bits per heavy atom. The Morgan fingerprint density at radius 1 is 1.53 bits per heavy atom. The molecule has 1 amide bonds. The Labute approximate surface area is 111 Å². The topological polar surface area (TPSA) is 92.0 Å². The number of rotatable bonds is 3. The fourth-order valence-electron chi connectivity index (χ4n) is 1.50. The van der Waals surface area contributed by atoms with E-state index >= 15 is 0 Å². The third-order valence-electron chi connectivity index (χ3n) is 2.83. The van der Waals surface area contributed by atoms with Crippen LogP contribution < -0.4 is 5.56 Å². The third-order valence-corrected chi connectivity index (χ3v) is 3.60. The maximum atomic E-state index is 12.1. The fourth-order valence-corrected chi connectivity index (χ4v) is 2.18. The van der Waals surface area contributed by atoms with Gasteiger partial charge in [0.15, 0.2) is 4.96 Å². The molecular weight excluding hydrogens is 270 g/mol. The van der Waals surface area contributed by atoms with Gasteiger partial charge in [0.25, 0.3) is 11.5 Å².